The topological polar surface area (TPSA) is 48.6 Å². The number of fused-ring (bicyclic) bond motifs is 5. The Labute approximate surface area is 115 Å². The summed E-state index contributed by atoms with van der Waals surface area (Å²) in [5.41, 5.74) is 5.10. The minimum atomic E-state index is -0.0306. The lowest BCUT2D eigenvalue weighted by atomic mass is 10.0. The highest BCUT2D eigenvalue weighted by Crippen LogP contribution is 2.29. The summed E-state index contributed by atoms with van der Waals surface area (Å²) >= 11 is 0. The third-order valence-corrected chi connectivity index (χ3v) is 3.92. The first-order chi connectivity index (χ1) is 9.65. The van der Waals surface area contributed by atoms with Gasteiger partial charge in [0.05, 0.1) is 16.4 Å². The summed E-state index contributed by atoms with van der Waals surface area (Å²) in [6, 6.07) is 12.1. The van der Waals surface area contributed by atoms with Crippen molar-refractivity contribution in [3.8, 4) is 0 Å². The van der Waals surface area contributed by atoms with Crippen LogP contribution in [-0.2, 0) is 0 Å². The lowest BCUT2D eigenvalue weighted by Gasteiger charge is -2.05. The Bertz CT molecular complexity index is 1040. The van der Waals surface area contributed by atoms with Crippen molar-refractivity contribution in [3.63, 3.8) is 0 Å². The number of aromatic nitrogens is 2. The van der Waals surface area contributed by atoms with Gasteiger partial charge >= 0.3 is 0 Å². The molecule has 20 heavy (non-hydrogen) atoms. The molecule has 4 rings (SSSR count). The van der Waals surface area contributed by atoms with E-state index in [2.05, 4.69) is 29.0 Å². The Morgan fingerprint density at radius 1 is 0.900 bits per heavy atom. The van der Waals surface area contributed by atoms with Gasteiger partial charge in [-0.15, -0.1) is 0 Å². The van der Waals surface area contributed by atoms with Crippen LogP contribution in [0.3, 0.4) is 0 Å². The number of para-hydroxylation sites is 1. The molecule has 0 radical (unpaired) electrons. The summed E-state index contributed by atoms with van der Waals surface area (Å²) in [6.07, 6.45) is 0. The van der Waals surface area contributed by atoms with E-state index in [1.54, 1.807) is 0 Å². The van der Waals surface area contributed by atoms with Gasteiger partial charge in [-0.1, -0.05) is 29.8 Å². The van der Waals surface area contributed by atoms with Crippen molar-refractivity contribution in [1.82, 2.24) is 9.97 Å². The van der Waals surface area contributed by atoms with E-state index in [1.807, 2.05) is 31.2 Å². The van der Waals surface area contributed by atoms with Gasteiger partial charge in [0.15, 0.2) is 0 Å². The molecule has 0 aliphatic rings. The van der Waals surface area contributed by atoms with Gasteiger partial charge in [0.2, 0.25) is 0 Å². The average Bonchev–Trinajstić information content (AvgIpc) is 2.80. The summed E-state index contributed by atoms with van der Waals surface area (Å²) in [5, 5.41) is 2.80. The molecule has 2 aromatic heterocycles. The summed E-state index contributed by atoms with van der Waals surface area (Å²) in [7, 11) is 0. The van der Waals surface area contributed by atoms with Gasteiger partial charge in [0.25, 0.3) is 5.56 Å². The van der Waals surface area contributed by atoms with E-state index in [-0.39, 0.29) is 5.56 Å². The smallest absolute Gasteiger partial charge is 0.258 e. The number of rotatable bonds is 0. The zero-order valence-corrected chi connectivity index (χ0v) is 11.4. The van der Waals surface area contributed by atoms with E-state index in [1.165, 1.54) is 5.56 Å². The fraction of sp³-hybridized carbons (Fsp3) is 0.118. The van der Waals surface area contributed by atoms with Gasteiger partial charge in [-0.25, -0.2) is 0 Å². The number of hydrogen-bond donors (Lipinski definition) is 2. The van der Waals surface area contributed by atoms with Gasteiger partial charge in [-0.3, -0.25) is 4.79 Å². The predicted molar refractivity (Wildman–Crippen MR) is 83.4 cm³/mol. The first kappa shape index (κ1) is 11.3. The van der Waals surface area contributed by atoms with E-state index in [0.717, 1.165) is 38.3 Å². The number of nitrogens with one attached hydrogen (secondary N) is 2. The molecule has 0 amide bonds. The first-order valence-corrected chi connectivity index (χ1v) is 6.69. The predicted octanol–water partition coefficient (Wildman–Crippen LogP) is 3.78. The molecule has 2 heterocycles. The third-order valence-electron chi connectivity index (χ3n) is 3.92. The van der Waals surface area contributed by atoms with Crippen LogP contribution in [0.5, 0.6) is 0 Å². The maximum absolute atomic E-state index is 12.4. The van der Waals surface area contributed by atoms with Gasteiger partial charge in [-0.2, -0.15) is 0 Å². The maximum atomic E-state index is 12.4. The molecule has 0 aliphatic heterocycles. The summed E-state index contributed by atoms with van der Waals surface area (Å²) in [4.78, 5) is 18.9. The average molecular weight is 262 g/mol. The lowest BCUT2D eigenvalue weighted by Crippen LogP contribution is -2.06. The number of benzene rings is 2. The van der Waals surface area contributed by atoms with Crippen molar-refractivity contribution in [2.45, 2.75) is 13.8 Å². The number of aromatic amines is 2. The van der Waals surface area contributed by atoms with Crippen LogP contribution in [0, 0.1) is 13.8 Å². The number of hydrogen-bond acceptors (Lipinski definition) is 1. The maximum Gasteiger partial charge on any atom is 0.258 e. The molecule has 98 valence electrons. The van der Waals surface area contributed by atoms with Gasteiger partial charge in [0.1, 0.15) is 0 Å². The van der Waals surface area contributed by atoms with Crippen LogP contribution in [-0.4, -0.2) is 9.97 Å². The highest BCUT2D eigenvalue weighted by Gasteiger charge is 2.12. The molecule has 0 fully saturated rings. The molecule has 3 heteroatoms. The normalized spacial score (nSPS) is 11.7. The van der Waals surface area contributed by atoms with Crippen LogP contribution in [0.4, 0.5) is 0 Å². The van der Waals surface area contributed by atoms with Crippen LogP contribution >= 0.6 is 0 Å². The van der Waals surface area contributed by atoms with Crippen molar-refractivity contribution < 1.29 is 0 Å². The minimum Gasteiger partial charge on any atom is -0.354 e. The summed E-state index contributed by atoms with van der Waals surface area (Å²) < 4.78 is 0. The Morgan fingerprint density at radius 3 is 2.55 bits per heavy atom. The van der Waals surface area contributed by atoms with E-state index >= 15 is 0 Å². The number of H-pyrrole nitrogens is 2. The molecule has 0 spiro atoms. The molecule has 0 aliphatic carbocycles. The van der Waals surface area contributed by atoms with Crippen LogP contribution in [0.15, 0.2) is 41.2 Å². The molecule has 3 nitrogen and oxygen atoms in total. The number of aryl methyl sites for hydroxylation is 2. The SMILES string of the molecule is Cc1cc(C)c2[nH]c(=O)c3c4ccccc4[nH]c3c2c1. The molecule has 0 atom stereocenters. The fourth-order valence-corrected chi connectivity index (χ4v) is 3.09. The standard InChI is InChI=1S/C17H14N2O/c1-9-7-10(2)15-12(8-9)16-14(17(20)19-15)11-5-3-4-6-13(11)18-16/h3-8,18H,1-2H3,(H,19,20). The molecule has 4 aromatic rings. The first-order valence-electron chi connectivity index (χ1n) is 6.69. The van der Waals surface area contributed by atoms with E-state index < -0.39 is 0 Å². The van der Waals surface area contributed by atoms with Crippen molar-refractivity contribution in [2.24, 2.45) is 0 Å². The number of pyridine rings is 1. The highest BCUT2D eigenvalue weighted by atomic mass is 16.1. The van der Waals surface area contributed by atoms with Crippen molar-refractivity contribution in [3.05, 3.63) is 57.9 Å². The summed E-state index contributed by atoms with van der Waals surface area (Å²) in [5.74, 6) is 0. The Morgan fingerprint density at radius 2 is 1.70 bits per heavy atom. The van der Waals surface area contributed by atoms with Crippen LogP contribution in [0.1, 0.15) is 11.1 Å². The Kier molecular flexibility index (Phi) is 2.11. The monoisotopic (exact) mass is 262 g/mol. The zero-order valence-electron chi connectivity index (χ0n) is 11.4. The molecule has 0 saturated heterocycles. The molecule has 2 N–H and O–H groups in total. The quantitative estimate of drug-likeness (QED) is 0.498. The Hall–Kier alpha value is -2.55. The van der Waals surface area contributed by atoms with Crippen molar-refractivity contribution in [1.29, 1.82) is 0 Å². The molecular weight excluding hydrogens is 248 g/mol. The molecule has 0 saturated carbocycles. The van der Waals surface area contributed by atoms with E-state index in [9.17, 15) is 4.79 Å². The van der Waals surface area contributed by atoms with Crippen LogP contribution in [0.25, 0.3) is 32.7 Å². The van der Waals surface area contributed by atoms with Crippen LogP contribution in [0.2, 0.25) is 0 Å². The third kappa shape index (κ3) is 1.37. The van der Waals surface area contributed by atoms with E-state index in [0.29, 0.717) is 0 Å². The van der Waals surface area contributed by atoms with E-state index in [4.69, 9.17) is 0 Å². The van der Waals surface area contributed by atoms with Gasteiger partial charge in [-0.05, 0) is 31.5 Å². The Balaban J connectivity index is 2.39. The second-order valence-electron chi connectivity index (χ2n) is 5.38. The van der Waals surface area contributed by atoms with Gasteiger partial charge in [0, 0.05) is 16.3 Å². The molecule has 0 unspecified atom stereocenters. The largest absolute Gasteiger partial charge is 0.354 e. The van der Waals surface area contributed by atoms with Crippen molar-refractivity contribution >= 4 is 32.7 Å². The van der Waals surface area contributed by atoms with Crippen LogP contribution < -0.4 is 5.56 Å². The lowest BCUT2D eigenvalue weighted by molar-refractivity contribution is 1.30. The zero-order chi connectivity index (χ0) is 13.9. The second-order valence-corrected chi connectivity index (χ2v) is 5.38. The van der Waals surface area contributed by atoms with Crippen molar-refractivity contribution in [2.75, 3.05) is 0 Å². The fourth-order valence-electron chi connectivity index (χ4n) is 3.09. The molecule has 2 aromatic carbocycles. The van der Waals surface area contributed by atoms with Gasteiger partial charge < -0.3 is 9.97 Å². The minimum absolute atomic E-state index is 0.0306. The summed E-state index contributed by atoms with van der Waals surface area (Å²) in [6.45, 7) is 4.10. The second kappa shape index (κ2) is 3.73. The molecule has 0 bridgehead atoms. The molecular formula is C17H14N2O. The highest BCUT2D eigenvalue weighted by molar-refractivity contribution is 6.15.